The third-order valence-corrected chi connectivity index (χ3v) is 9.59. The van der Waals surface area contributed by atoms with Crippen LogP contribution in [0.2, 0.25) is 0 Å². The first-order chi connectivity index (χ1) is 17.3. The molecule has 1 nitrogen and oxygen atoms in total. The highest BCUT2D eigenvalue weighted by atomic mass is 32.1. The molecule has 0 N–H and O–H groups in total. The molecular weight excluding hydrogens is 442 g/mol. The van der Waals surface area contributed by atoms with E-state index in [-0.39, 0.29) is 0 Å². The lowest BCUT2D eigenvalue weighted by Crippen LogP contribution is -2.31. The zero-order chi connectivity index (χ0) is 23.4. The zero-order valence-corrected chi connectivity index (χ0v) is 21.5. The SMILES string of the molecule is Cc1c(CCc2csc3c2-c2c(ccc4c2CCC=C4)CC3)n(C2=CC=CCC2)c2c1=CCCC=2. The number of rotatable bonds is 4. The Bertz CT molecular complexity index is 1550. The first-order valence-corrected chi connectivity index (χ1v) is 14.3. The molecular formula is C33H33NS. The first-order valence-electron chi connectivity index (χ1n) is 13.5. The molecule has 4 aliphatic carbocycles. The number of aryl methyl sites for hydroxylation is 3. The minimum absolute atomic E-state index is 1.11. The van der Waals surface area contributed by atoms with Crippen LogP contribution in [0.3, 0.4) is 0 Å². The van der Waals surface area contributed by atoms with Crippen LogP contribution in [0.5, 0.6) is 0 Å². The Labute approximate surface area is 212 Å². The van der Waals surface area contributed by atoms with Crippen LogP contribution in [0.1, 0.15) is 70.5 Å². The molecule has 0 saturated heterocycles. The van der Waals surface area contributed by atoms with E-state index in [4.69, 9.17) is 0 Å². The summed E-state index contributed by atoms with van der Waals surface area (Å²) in [6, 6.07) is 4.77. The van der Waals surface area contributed by atoms with E-state index in [1.807, 2.05) is 11.3 Å². The maximum absolute atomic E-state index is 2.63. The van der Waals surface area contributed by atoms with Crippen LogP contribution < -0.4 is 10.6 Å². The Balaban J connectivity index is 1.31. The Hall–Kier alpha value is -2.84. The summed E-state index contributed by atoms with van der Waals surface area (Å²) in [7, 11) is 0. The van der Waals surface area contributed by atoms with Gasteiger partial charge in [-0.15, -0.1) is 11.3 Å². The molecule has 0 atom stereocenters. The highest BCUT2D eigenvalue weighted by Crippen LogP contribution is 2.44. The van der Waals surface area contributed by atoms with Gasteiger partial charge in [0.2, 0.25) is 0 Å². The van der Waals surface area contributed by atoms with Crippen LogP contribution in [0.25, 0.3) is 35.1 Å². The van der Waals surface area contributed by atoms with Crippen molar-refractivity contribution in [2.75, 3.05) is 0 Å². The average molecular weight is 476 g/mol. The lowest BCUT2D eigenvalue weighted by atomic mass is 9.80. The van der Waals surface area contributed by atoms with Crippen molar-refractivity contribution in [3.05, 3.63) is 90.8 Å². The number of benzene rings is 1. The second kappa shape index (κ2) is 8.68. The van der Waals surface area contributed by atoms with Crippen LogP contribution in [-0.2, 0) is 32.1 Å². The Kier molecular flexibility index (Phi) is 5.31. The summed E-state index contributed by atoms with van der Waals surface area (Å²) in [5, 5.41) is 5.42. The van der Waals surface area contributed by atoms with Gasteiger partial charge in [-0.05, 0) is 127 Å². The van der Waals surface area contributed by atoms with Crippen molar-refractivity contribution >= 4 is 35.3 Å². The maximum atomic E-state index is 2.63. The summed E-state index contributed by atoms with van der Waals surface area (Å²) >= 11 is 2.01. The summed E-state index contributed by atoms with van der Waals surface area (Å²) < 4.78 is 2.63. The zero-order valence-electron chi connectivity index (χ0n) is 20.7. The second-order valence-electron chi connectivity index (χ2n) is 10.5. The molecule has 0 unspecified atom stereocenters. The minimum Gasteiger partial charge on any atom is -0.317 e. The number of fused-ring (bicyclic) bond motifs is 6. The smallest absolute Gasteiger partial charge is 0.0488 e. The van der Waals surface area contributed by atoms with Crippen molar-refractivity contribution < 1.29 is 0 Å². The summed E-state index contributed by atoms with van der Waals surface area (Å²) in [5.74, 6) is 0. The van der Waals surface area contributed by atoms with Crippen LogP contribution in [0.4, 0.5) is 0 Å². The van der Waals surface area contributed by atoms with Gasteiger partial charge >= 0.3 is 0 Å². The van der Waals surface area contributed by atoms with Crippen LogP contribution in [0, 0.1) is 6.92 Å². The van der Waals surface area contributed by atoms with Gasteiger partial charge in [-0.1, -0.05) is 48.6 Å². The van der Waals surface area contributed by atoms with Gasteiger partial charge in [0.05, 0.1) is 0 Å². The topological polar surface area (TPSA) is 4.93 Å². The van der Waals surface area contributed by atoms with Gasteiger partial charge in [-0.3, -0.25) is 0 Å². The fourth-order valence-corrected chi connectivity index (χ4v) is 7.89. The number of allylic oxidation sites excluding steroid dienone is 5. The predicted octanol–water partition coefficient (Wildman–Crippen LogP) is 6.91. The highest BCUT2D eigenvalue weighted by molar-refractivity contribution is 7.10. The quantitative estimate of drug-likeness (QED) is 0.386. The first kappa shape index (κ1) is 21.4. The molecule has 4 aliphatic rings. The molecule has 2 heterocycles. The van der Waals surface area contributed by atoms with Crippen LogP contribution in [0.15, 0.2) is 41.8 Å². The molecule has 0 aliphatic heterocycles. The molecule has 0 bridgehead atoms. The fourth-order valence-electron chi connectivity index (χ4n) is 6.80. The molecule has 35 heavy (non-hydrogen) atoms. The number of hydrogen-bond donors (Lipinski definition) is 0. The molecule has 0 radical (unpaired) electrons. The largest absolute Gasteiger partial charge is 0.317 e. The maximum Gasteiger partial charge on any atom is 0.0488 e. The minimum atomic E-state index is 1.11. The monoisotopic (exact) mass is 475 g/mol. The molecule has 0 spiro atoms. The molecule has 176 valence electrons. The number of aromatic nitrogens is 1. The van der Waals surface area contributed by atoms with Crippen molar-refractivity contribution in [2.45, 2.75) is 71.1 Å². The average Bonchev–Trinajstić information content (AvgIpc) is 3.46. The molecule has 1 aromatic carbocycles. The molecule has 7 rings (SSSR count). The Morgan fingerprint density at radius 2 is 1.80 bits per heavy atom. The van der Waals surface area contributed by atoms with Gasteiger partial charge in [0.1, 0.15) is 0 Å². The van der Waals surface area contributed by atoms with Crippen molar-refractivity contribution in [3.63, 3.8) is 0 Å². The summed E-state index contributed by atoms with van der Waals surface area (Å²) in [6.07, 6.45) is 28.1. The summed E-state index contributed by atoms with van der Waals surface area (Å²) in [6.45, 7) is 2.36. The number of hydrogen-bond acceptors (Lipinski definition) is 1. The summed E-state index contributed by atoms with van der Waals surface area (Å²) in [5.41, 5.74) is 13.9. The normalized spacial score (nSPS) is 17.6. The number of nitrogens with zero attached hydrogens (tertiary/aromatic N) is 1. The standard InChI is InChI=1S/C33H33NS/c1-22-27-12-7-8-14-30(27)34(26-10-3-2-4-11-26)29(22)19-17-25-21-35-31-20-18-24-16-15-23-9-5-6-13-28(23)32(24)33(25)31/h2-3,5,9-10,12,14-16,21H,4,6-8,11,13,17-20H2,1H3. The van der Waals surface area contributed by atoms with Gasteiger partial charge in [0.15, 0.2) is 0 Å². The van der Waals surface area contributed by atoms with Crippen molar-refractivity contribution in [1.29, 1.82) is 0 Å². The van der Waals surface area contributed by atoms with Gasteiger partial charge in [-0.25, -0.2) is 0 Å². The van der Waals surface area contributed by atoms with E-state index in [2.05, 4.69) is 71.5 Å². The van der Waals surface area contributed by atoms with Crippen molar-refractivity contribution in [2.24, 2.45) is 0 Å². The van der Waals surface area contributed by atoms with E-state index < -0.39 is 0 Å². The van der Waals surface area contributed by atoms with Crippen molar-refractivity contribution in [1.82, 2.24) is 4.57 Å². The van der Waals surface area contributed by atoms with Gasteiger partial charge in [0, 0.05) is 21.6 Å². The van der Waals surface area contributed by atoms with E-state index in [0.717, 1.165) is 32.1 Å². The lowest BCUT2D eigenvalue weighted by Gasteiger charge is -2.25. The highest BCUT2D eigenvalue weighted by Gasteiger charge is 2.26. The molecule has 2 aromatic heterocycles. The van der Waals surface area contributed by atoms with Crippen LogP contribution in [-0.4, -0.2) is 4.57 Å². The van der Waals surface area contributed by atoms with E-state index in [1.165, 1.54) is 65.2 Å². The van der Waals surface area contributed by atoms with E-state index in [9.17, 15) is 0 Å². The van der Waals surface area contributed by atoms with Gasteiger partial charge < -0.3 is 4.57 Å². The van der Waals surface area contributed by atoms with Gasteiger partial charge in [-0.2, -0.15) is 0 Å². The van der Waals surface area contributed by atoms with E-state index in [0.29, 0.717) is 0 Å². The van der Waals surface area contributed by atoms with Crippen molar-refractivity contribution in [3.8, 4) is 11.1 Å². The predicted molar refractivity (Wildman–Crippen MR) is 151 cm³/mol. The molecule has 0 fully saturated rings. The molecule has 3 aromatic rings. The molecule has 0 saturated carbocycles. The molecule has 0 amide bonds. The number of thiophene rings is 1. The summed E-state index contributed by atoms with van der Waals surface area (Å²) in [4.78, 5) is 1.61. The Morgan fingerprint density at radius 3 is 2.71 bits per heavy atom. The fraction of sp³-hybridized carbons (Fsp3) is 0.333. The molecule has 2 heteroatoms. The Morgan fingerprint density at radius 1 is 0.886 bits per heavy atom. The van der Waals surface area contributed by atoms with Gasteiger partial charge in [0.25, 0.3) is 0 Å². The van der Waals surface area contributed by atoms with Crippen LogP contribution >= 0.6 is 11.3 Å². The second-order valence-corrected chi connectivity index (χ2v) is 11.4. The van der Waals surface area contributed by atoms with E-state index in [1.54, 1.807) is 32.7 Å². The van der Waals surface area contributed by atoms with E-state index >= 15 is 0 Å². The third kappa shape index (κ3) is 3.49. The third-order valence-electron chi connectivity index (χ3n) is 8.50. The lowest BCUT2D eigenvalue weighted by molar-refractivity contribution is 0.823.